The number of benzene rings is 3. The van der Waals surface area contributed by atoms with Gasteiger partial charge in [-0.2, -0.15) is 13.2 Å². The van der Waals surface area contributed by atoms with Crippen molar-refractivity contribution in [3.05, 3.63) is 83.4 Å². The van der Waals surface area contributed by atoms with E-state index >= 15 is 0 Å². The molecule has 0 saturated heterocycles. The summed E-state index contributed by atoms with van der Waals surface area (Å²) in [4.78, 5) is 24.8. The summed E-state index contributed by atoms with van der Waals surface area (Å²) in [7, 11) is 0. The maximum Gasteiger partial charge on any atom is 0.418 e. The normalized spacial score (nSPS) is 11.0. The minimum absolute atomic E-state index is 0.0755. The van der Waals surface area contributed by atoms with Gasteiger partial charge >= 0.3 is 6.18 Å². The Labute approximate surface area is 197 Å². The molecule has 33 heavy (non-hydrogen) atoms. The molecule has 0 heterocycles. The number of ether oxygens (including phenoxy) is 1. The lowest BCUT2D eigenvalue weighted by molar-refractivity contribution is -0.137. The second-order valence-electron chi connectivity index (χ2n) is 6.70. The van der Waals surface area contributed by atoms with Gasteiger partial charge in [-0.3, -0.25) is 9.59 Å². The standard InChI is InChI=1S/C23H18ClF3N2O3S/c24-15-6-11-20(19(12-15)23(25,26)27)29-22(31)14-33-18-9-7-16(8-10-18)28-21(30)13-32-17-4-2-1-3-5-17/h1-12H,13-14H2,(H,28,30)(H,29,31). The number of hydrogen-bond acceptors (Lipinski definition) is 4. The smallest absolute Gasteiger partial charge is 0.418 e. The molecule has 2 N–H and O–H groups in total. The van der Waals surface area contributed by atoms with Gasteiger partial charge in [-0.25, -0.2) is 0 Å². The van der Waals surface area contributed by atoms with Crippen molar-refractivity contribution in [2.45, 2.75) is 11.1 Å². The van der Waals surface area contributed by atoms with Crippen LogP contribution in [0, 0.1) is 0 Å². The monoisotopic (exact) mass is 494 g/mol. The van der Waals surface area contributed by atoms with Gasteiger partial charge in [0.05, 0.1) is 17.0 Å². The van der Waals surface area contributed by atoms with Crippen LogP contribution in [0.25, 0.3) is 0 Å². The summed E-state index contributed by atoms with van der Waals surface area (Å²) in [6.45, 7) is -0.148. The zero-order valence-corrected chi connectivity index (χ0v) is 18.6. The lowest BCUT2D eigenvalue weighted by atomic mass is 10.1. The summed E-state index contributed by atoms with van der Waals surface area (Å²) in [6, 6.07) is 18.8. The Bertz CT molecular complexity index is 1110. The van der Waals surface area contributed by atoms with Crippen LogP contribution >= 0.6 is 23.4 Å². The predicted octanol–water partition coefficient (Wildman–Crippen LogP) is 6.11. The average Bonchev–Trinajstić information content (AvgIpc) is 2.78. The molecule has 10 heteroatoms. The molecule has 3 aromatic carbocycles. The van der Waals surface area contributed by atoms with Gasteiger partial charge in [0.25, 0.3) is 5.91 Å². The first-order valence-corrected chi connectivity index (χ1v) is 10.9. The predicted molar refractivity (Wildman–Crippen MR) is 123 cm³/mol. The molecule has 5 nitrogen and oxygen atoms in total. The number of thioether (sulfide) groups is 1. The molecule has 2 amide bonds. The molecule has 0 saturated carbocycles. The lowest BCUT2D eigenvalue weighted by Crippen LogP contribution is -2.20. The van der Waals surface area contributed by atoms with Gasteiger partial charge in [0.2, 0.25) is 5.91 Å². The van der Waals surface area contributed by atoms with E-state index in [4.69, 9.17) is 16.3 Å². The fourth-order valence-corrected chi connectivity index (χ4v) is 3.56. The number of nitrogens with one attached hydrogen (secondary N) is 2. The average molecular weight is 495 g/mol. The van der Waals surface area contributed by atoms with E-state index in [0.29, 0.717) is 16.3 Å². The number of halogens is 4. The van der Waals surface area contributed by atoms with Crippen molar-refractivity contribution in [2.24, 2.45) is 0 Å². The molecule has 3 aromatic rings. The maximum absolute atomic E-state index is 13.1. The molecule has 0 atom stereocenters. The molecular formula is C23H18ClF3N2O3S. The molecule has 0 aromatic heterocycles. The van der Waals surface area contributed by atoms with Gasteiger partial charge in [-0.15, -0.1) is 11.8 Å². The molecule has 3 rings (SSSR count). The Hall–Kier alpha value is -3.17. The Morgan fingerprint density at radius 2 is 1.61 bits per heavy atom. The van der Waals surface area contributed by atoms with E-state index in [-0.39, 0.29) is 29.0 Å². The van der Waals surface area contributed by atoms with Crippen LogP contribution < -0.4 is 15.4 Å². The fourth-order valence-electron chi connectivity index (χ4n) is 2.69. The number of carbonyl (C=O) groups excluding carboxylic acids is 2. The third-order valence-corrected chi connectivity index (χ3v) is 5.43. The van der Waals surface area contributed by atoms with Crippen LogP contribution in [0.2, 0.25) is 5.02 Å². The first kappa shape index (κ1) is 24.5. The summed E-state index contributed by atoms with van der Waals surface area (Å²) >= 11 is 6.78. The van der Waals surface area contributed by atoms with Crippen LogP contribution in [-0.4, -0.2) is 24.2 Å². The van der Waals surface area contributed by atoms with Crippen molar-refractivity contribution in [3.63, 3.8) is 0 Å². The minimum Gasteiger partial charge on any atom is -0.484 e. The van der Waals surface area contributed by atoms with Gasteiger partial charge in [0.15, 0.2) is 6.61 Å². The van der Waals surface area contributed by atoms with Gasteiger partial charge in [-0.05, 0) is 54.6 Å². The van der Waals surface area contributed by atoms with Gasteiger partial charge in [0.1, 0.15) is 5.75 Å². The molecule has 0 aliphatic carbocycles. The molecular weight excluding hydrogens is 477 g/mol. The molecule has 0 fully saturated rings. The summed E-state index contributed by atoms with van der Waals surface area (Å²) in [6.07, 6.45) is -4.65. The summed E-state index contributed by atoms with van der Waals surface area (Å²) in [5, 5.41) is 4.89. The molecule has 172 valence electrons. The number of alkyl halides is 3. The van der Waals surface area contributed by atoms with E-state index in [1.165, 1.54) is 6.07 Å². The Balaban J connectivity index is 1.48. The van der Waals surface area contributed by atoms with Crippen LogP contribution in [0.15, 0.2) is 77.7 Å². The van der Waals surface area contributed by atoms with Crippen molar-refractivity contribution < 1.29 is 27.5 Å². The number of hydrogen-bond donors (Lipinski definition) is 2. The molecule has 0 aliphatic heterocycles. The van der Waals surface area contributed by atoms with E-state index in [2.05, 4.69) is 10.6 Å². The van der Waals surface area contributed by atoms with E-state index < -0.39 is 17.6 Å². The van der Waals surface area contributed by atoms with Crippen molar-refractivity contribution in [2.75, 3.05) is 23.0 Å². The van der Waals surface area contributed by atoms with Crippen molar-refractivity contribution in [1.29, 1.82) is 0 Å². The van der Waals surface area contributed by atoms with Gasteiger partial charge < -0.3 is 15.4 Å². The summed E-state index contributed by atoms with van der Waals surface area (Å²) < 4.78 is 44.8. The first-order valence-electron chi connectivity index (χ1n) is 9.58. The number of para-hydroxylation sites is 1. The fraction of sp³-hybridized carbons (Fsp3) is 0.130. The highest BCUT2D eigenvalue weighted by atomic mass is 35.5. The second-order valence-corrected chi connectivity index (χ2v) is 8.18. The van der Waals surface area contributed by atoms with Gasteiger partial charge in [0, 0.05) is 15.6 Å². The third kappa shape index (κ3) is 7.73. The van der Waals surface area contributed by atoms with E-state index in [0.717, 1.165) is 23.9 Å². The SMILES string of the molecule is O=C(COc1ccccc1)Nc1ccc(SCC(=O)Nc2ccc(Cl)cc2C(F)(F)F)cc1. The molecule has 0 unspecified atom stereocenters. The topological polar surface area (TPSA) is 67.4 Å². The highest BCUT2D eigenvalue weighted by Gasteiger charge is 2.34. The van der Waals surface area contributed by atoms with Gasteiger partial charge in [-0.1, -0.05) is 29.8 Å². The Morgan fingerprint density at radius 3 is 2.27 bits per heavy atom. The summed E-state index contributed by atoms with van der Waals surface area (Å²) in [5.41, 5.74) is -0.820. The van der Waals surface area contributed by atoms with E-state index in [1.807, 2.05) is 6.07 Å². The van der Waals surface area contributed by atoms with Crippen LogP contribution in [0.4, 0.5) is 24.5 Å². The molecule has 0 spiro atoms. The molecule has 0 aliphatic rings. The van der Waals surface area contributed by atoms with Crippen molar-refractivity contribution in [1.82, 2.24) is 0 Å². The molecule has 0 bridgehead atoms. The zero-order chi connectivity index (χ0) is 23.8. The zero-order valence-electron chi connectivity index (χ0n) is 17.0. The number of amides is 2. The largest absolute Gasteiger partial charge is 0.484 e. The van der Waals surface area contributed by atoms with Crippen LogP contribution in [0.5, 0.6) is 5.75 Å². The number of carbonyl (C=O) groups is 2. The van der Waals surface area contributed by atoms with E-state index in [9.17, 15) is 22.8 Å². The Kier molecular flexibility index (Phi) is 8.24. The number of anilines is 2. The first-order chi connectivity index (χ1) is 15.7. The minimum atomic E-state index is -4.65. The van der Waals surface area contributed by atoms with Crippen molar-refractivity contribution in [3.8, 4) is 5.75 Å². The highest BCUT2D eigenvalue weighted by Crippen LogP contribution is 2.36. The highest BCUT2D eigenvalue weighted by molar-refractivity contribution is 8.00. The maximum atomic E-state index is 13.1. The van der Waals surface area contributed by atoms with Crippen molar-refractivity contribution >= 4 is 46.6 Å². The third-order valence-electron chi connectivity index (χ3n) is 4.18. The van der Waals surface area contributed by atoms with E-state index in [1.54, 1.807) is 48.5 Å². The second kappa shape index (κ2) is 11.1. The lowest BCUT2D eigenvalue weighted by Gasteiger charge is -2.14. The number of rotatable bonds is 8. The quantitative estimate of drug-likeness (QED) is 0.371. The van der Waals surface area contributed by atoms with Crippen LogP contribution in [0.1, 0.15) is 5.56 Å². The van der Waals surface area contributed by atoms with Crippen LogP contribution in [-0.2, 0) is 15.8 Å². The Morgan fingerprint density at radius 1 is 0.909 bits per heavy atom. The van der Waals surface area contributed by atoms with Crippen LogP contribution in [0.3, 0.4) is 0 Å². The summed E-state index contributed by atoms with van der Waals surface area (Å²) in [5.74, 6) is -0.444. The molecule has 0 radical (unpaired) electrons.